The van der Waals surface area contributed by atoms with Gasteiger partial charge in [0.25, 0.3) is 17.5 Å². The number of non-ortho nitro benzene ring substituents is 1. The molecule has 15 heteroatoms. The number of anilines is 2. The lowest BCUT2D eigenvalue weighted by molar-refractivity contribution is -0.384. The van der Waals surface area contributed by atoms with Crippen molar-refractivity contribution in [2.75, 3.05) is 17.4 Å². The number of para-hydroxylation sites is 1. The predicted octanol–water partition coefficient (Wildman–Crippen LogP) is 6.94. The largest absolute Gasteiger partial charge is 0.505 e. The fourth-order valence-corrected chi connectivity index (χ4v) is 9.38. The number of phenols is 1. The van der Waals surface area contributed by atoms with E-state index in [1.807, 2.05) is 0 Å². The van der Waals surface area contributed by atoms with Crippen LogP contribution in [0.15, 0.2) is 96.6 Å². The maximum absolute atomic E-state index is 15.4. The van der Waals surface area contributed by atoms with Crippen molar-refractivity contribution < 1.29 is 38.3 Å². The number of imide groups is 2. The molecule has 4 aliphatic rings. The fraction of sp³-hybridized carbons (Fsp3) is 0.231. The van der Waals surface area contributed by atoms with Crippen LogP contribution in [0.4, 0.5) is 21.5 Å². The van der Waals surface area contributed by atoms with Crippen LogP contribution in [0.25, 0.3) is 0 Å². The number of hydrazine groups is 1. The second-order valence-corrected chi connectivity index (χ2v) is 14.5. The second-order valence-electron chi connectivity index (χ2n) is 13.7. The minimum absolute atomic E-state index is 0.0155. The summed E-state index contributed by atoms with van der Waals surface area (Å²) in [6, 6.07) is 20.0. The lowest BCUT2D eigenvalue weighted by atomic mass is 9.49. The predicted molar refractivity (Wildman–Crippen MR) is 194 cm³/mol. The van der Waals surface area contributed by atoms with Crippen molar-refractivity contribution in [1.82, 2.24) is 5.01 Å². The quantitative estimate of drug-likeness (QED) is 0.0878. The van der Waals surface area contributed by atoms with Crippen LogP contribution in [0.1, 0.15) is 29.9 Å². The first kappa shape index (κ1) is 35.3. The van der Waals surface area contributed by atoms with Gasteiger partial charge in [-0.05, 0) is 72.9 Å². The highest BCUT2D eigenvalue weighted by molar-refractivity contribution is 6.36. The van der Waals surface area contributed by atoms with Gasteiger partial charge in [0.05, 0.1) is 51.6 Å². The molecular formula is C39H29Cl2FN4O8. The third kappa shape index (κ3) is 5.09. The van der Waals surface area contributed by atoms with Crippen LogP contribution in [0, 0.1) is 39.6 Å². The van der Waals surface area contributed by atoms with Crippen LogP contribution in [-0.2, 0) is 24.6 Å². The lowest BCUT2D eigenvalue weighted by Crippen LogP contribution is -2.53. The molecule has 8 rings (SSSR count). The van der Waals surface area contributed by atoms with Crippen molar-refractivity contribution in [3.05, 3.63) is 134 Å². The van der Waals surface area contributed by atoms with Gasteiger partial charge in [0, 0.05) is 28.6 Å². The average Bonchev–Trinajstić information content (AvgIpc) is 3.54. The number of hydrogen-bond donors (Lipinski definition) is 2. The number of carbonyl (C=O) groups excluding carboxylic acids is 4. The SMILES string of the molecule is COc1ccc(C23C(=O)N(Nc4ccc(Cl)cc4Cl)C(=O)C2CC2C(=CCC4C(=O)N(c5ccc([N+](=O)[O-])cc5)C(=O)C42)C3c2cccc(F)c2O)cc1. The number of hydrogen-bond acceptors (Lipinski definition) is 9. The van der Waals surface area contributed by atoms with Crippen LogP contribution < -0.4 is 15.1 Å². The molecule has 3 fully saturated rings. The number of nitrogens with zero attached hydrogens (tertiary/aromatic N) is 3. The van der Waals surface area contributed by atoms with E-state index < -0.39 is 75.1 Å². The summed E-state index contributed by atoms with van der Waals surface area (Å²) in [6.07, 6.45) is 1.75. The minimum Gasteiger partial charge on any atom is -0.505 e. The Bertz CT molecular complexity index is 2320. The molecule has 2 N–H and O–H groups in total. The number of nitro benzene ring substituents is 1. The van der Waals surface area contributed by atoms with Crippen LogP contribution >= 0.6 is 23.2 Å². The maximum atomic E-state index is 15.4. The number of nitrogens with one attached hydrogen (secondary N) is 1. The van der Waals surface area contributed by atoms with E-state index in [0.717, 1.165) is 16.0 Å². The Labute approximate surface area is 316 Å². The van der Waals surface area contributed by atoms with Gasteiger partial charge in [0.2, 0.25) is 11.8 Å². The standard InChI is InChI=1S/C39H29Cl2FN4O8/c1-54-23-12-5-19(6-13-23)39-28(36(49)45(38(39)51)43-31-16-7-20(40)17-29(31)41)18-27-24(33(39)26-3-2-4-30(42)34(26)47)14-15-25-32(27)37(50)44(35(25)48)21-8-10-22(11-9-21)46(52)53/h2-14,16-17,25,27-28,32-33,43,47H,15,18H2,1H3. The smallest absolute Gasteiger partial charge is 0.269 e. The summed E-state index contributed by atoms with van der Waals surface area (Å²) >= 11 is 12.6. The first-order valence-corrected chi connectivity index (χ1v) is 17.7. The van der Waals surface area contributed by atoms with Crippen LogP contribution in [0.5, 0.6) is 11.5 Å². The number of phenolic OH excluding ortho intramolecular Hbond substituents is 1. The average molecular weight is 772 g/mol. The van der Waals surface area contributed by atoms with E-state index in [2.05, 4.69) is 5.43 Å². The number of methoxy groups -OCH3 is 1. The Morgan fingerprint density at radius 2 is 1.67 bits per heavy atom. The summed E-state index contributed by atoms with van der Waals surface area (Å²) in [4.78, 5) is 70.2. The Balaban J connectivity index is 1.32. The van der Waals surface area contributed by atoms with E-state index >= 15 is 9.18 Å². The molecule has 0 bridgehead atoms. The zero-order valence-electron chi connectivity index (χ0n) is 28.2. The number of amides is 4. The molecule has 6 atom stereocenters. The molecular weight excluding hydrogens is 742 g/mol. The molecule has 54 heavy (non-hydrogen) atoms. The van der Waals surface area contributed by atoms with Crippen LogP contribution in [-0.4, -0.2) is 45.8 Å². The summed E-state index contributed by atoms with van der Waals surface area (Å²) in [5.74, 6) is -8.79. The summed E-state index contributed by atoms with van der Waals surface area (Å²) in [6.45, 7) is 0. The molecule has 12 nitrogen and oxygen atoms in total. The van der Waals surface area contributed by atoms with Gasteiger partial charge in [-0.3, -0.25) is 39.6 Å². The van der Waals surface area contributed by atoms with Gasteiger partial charge in [0.15, 0.2) is 11.6 Å². The Hall–Kier alpha value is -5.79. The van der Waals surface area contributed by atoms with Gasteiger partial charge in [-0.15, -0.1) is 0 Å². The third-order valence-corrected chi connectivity index (χ3v) is 11.8. The third-order valence-electron chi connectivity index (χ3n) is 11.2. The number of ether oxygens (including phenoxy) is 1. The number of allylic oxidation sites excluding steroid dienone is 2. The molecule has 274 valence electrons. The number of fused-ring (bicyclic) bond motifs is 4. The monoisotopic (exact) mass is 770 g/mol. The van der Waals surface area contributed by atoms with Gasteiger partial charge < -0.3 is 9.84 Å². The van der Waals surface area contributed by atoms with Gasteiger partial charge in [0.1, 0.15) is 5.75 Å². The second kappa shape index (κ2) is 13.0. The Kier molecular flexibility index (Phi) is 8.46. The summed E-state index contributed by atoms with van der Waals surface area (Å²) in [7, 11) is 1.48. The van der Waals surface area contributed by atoms with Crippen molar-refractivity contribution in [3.63, 3.8) is 0 Å². The number of aromatic hydroxyl groups is 1. The Morgan fingerprint density at radius 1 is 0.944 bits per heavy atom. The summed E-state index contributed by atoms with van der Waals surface area (Å²) < 4.78 is 20.7. The molecule has 0 spiro atoms. The number of rotatable bonds is 7. The molecule has 2 heterocycles. The van der Waals surface area contributed by atoms with Crippen LogP contribution in [0.2, 0.25) is 10.0 Å². The number of nitro groups is 1. The van der Waals surface area contributed by atoms with Crippen molar-refractivity contribution >= 4 is 63.9 Å². The van der Waals surface area contributed by atoms with Gasteiger partial charge >= 0.3 is 0 Å². The molecule has 4 aromatic rings. The highest BCUT2D eigenvalue weighted by atomic mass is 35.5. The van der Waals surface area contributed by atoms with E-state index in [1.165, 1.54) is 61.7 Å². The lowest BCUT2D eigenvalue weighted by Gasteiger charge is -2.50. The molecule has 0 radical (unpaired) electrons. The van der Waals surface area contributed by atoms with Crippen LogP contribution in [0.3, 0.4) is 0 Å². The van der Waals surface area contributed by atoms with Crippen molar-refractivity contribution in [2.24, 2.45) is 23.7 Å². The highest BCUT2D eigenvalue weighted by Gasteiger charge is 2.70. The molecule has 0 aromatic heterocycles. The first-order valence-electron chi connectivity index (χ1n) is 16.9. The highest BCUT2D eigenvalue weighted by Crippen LogP contribution is 2.65. The van der Waals surface area contributed by atoms with Gasteiger partial charge in [-0.25, -0.2) is 4.39 Å². The molecule has 2 saturated heterocycles. The van der Waals surface area contributed by atoms with Crippen molar-refractivity contribution in [3.8, 4) is 11.5 Å². The van der Waals surface area contributed by atoms with Crippen molar-refractivity contribution in [1.29, 1.82) is 0 Å². The van der Waals surface area contributed by atoms with Crippen molar-refractivity contribution in [2.45, 2.75) is 24.2 Å². The molecule has 1 saturated carbocycles. The number of halogens is 3. The fourth-order valence-electron chi connectivity index (χ4n) is 8.93. The molecule has 6 unspecified atom stereocenters. The summed E-state index contributed by atoms with van der Waals surface area (Å²) in [5, 5.41) is 24.0. The first-order chi connectivity index (χ1) is 25.9. The molecule has 2 aliphatic carbocycles. The topological polar surface area (TPSA) is 159 Å². The number of carbonyl (C=O) groups is 4. The van der Waals surface area contributed by atoms with E-state index in [1.54, 1.807) is 30.3 Å². The normalized spacial score (nSPS) is 25.9. The Morgan fingerprint density at radius 3 is 2.33 bits per heavy atom. The minimum atomic E-state index is -1.81. The molecule has 2 aliphatic heterocycles. The zero-order chi connectivity index (χ0) is 38.2. The zero-order valence-corrected chi connectivity index (χ0v) is 29.8. The van der Waals surface area contributed by atoms with E-state index in [-0.39, 0.29) is 40.5 Å². The summed E-state index contributed by atoms with van der Waals surface area (Å²) in [5.41, 5.74) is 2.07. The van der Waals surface area contributed by atoms with E-state index in [9.17, 15) is 29.6 Å². The van der Waals surface area contributed by atoms with E-state index in [4.69, 9.17) is 27.9 Å². The maximum Gasteiger partial charge on any atom is 0.269 e. The number of benzene rings is 4. The van der Waals surface area contributed by atoms with Gasteiger partial charge in [-0.1, -0.05) is 59.1 Å². The van der Waals surface area contributed by atoms with E-state index in [0.29, 0.717) is 21.9 Å². The molecule has 4 amide bonds. The molecule has 4 aromatic carbocycles. The van der Waals surface area contributed by atoms with Gasteiger partial charge in [-0.2, -0.15) is 5.01 Å².